The molecule has 1 aromatic carbocycles. The minimum atomic E-state index is -0.0415. The Balaban J connectivity index is 2.70. The Kier molecular flexibility index (Phi) is 4.78. The first-order chi connectivity index (χ1) is 9.74. The van der Waals surface area contributed by atoms with Crippen molar-refractivity contribution in [3.05, 3.63) is 38.0 Å². The molecule has 0 spiro atoms. The van der Waals surface area contributed by atoms with Crippen LogP contribution < -0.4 is 5.32 Å². The predicted octanol–water partition coefficient (Wildman–Crippen LogP) is 5.05. The van der Waals surface area contributed by atoms with Crippen LogP contribution in [0.3, 0.4) is 0 Å². The fourth-order valence-electron chi connectivity index (χ4n) is 2.11. The van der Waals surface area contributed by atoms with Crippen LogP contribution in [0, 0.1) is 10.5 Å². The highest BCUT2D eigenvalue weighted by molar-refractivity contribution is 14.1. The molecule has 0 atom stereocenters. The molecule has 0 aliphatic heterocycles. The van der Waals surface area contributed by atoms with Crippen molar-refractivity contribution in [1.29, 1.82) is 0 Å². The van der Waals surface area contributed by atoms with Gasteiger partial charge in [0.2, 0.25) is 0 Å². The average Bonchev–Trinajstić information content (AvgIpc) is 2.38. The molecule has 0 aliphatic carbocycles. The van der Waals surface area contributed by atoms with E-state index in [2.05, 4.69) is 53.7 Å². The first kappa shape index (κ1) is 16.5. The summed E-state index contributed by atoms with van der Waals surface area (Å²) in [5.41, 5.74) is 3.09. The summed E-state index contributed by atoms with van der Waals surface area (Å²) >= 11 is 8.35. The molecule has 0 amide bonds. The summed E-state index contributed by atoms with van der Waals surface area (Å²) in [6.45, 7) is 8.51. The molecule has 0 aliphatic rings. The molecule has 0 bridgehead atoms. The number of nitrogens with zero attached hydrogens (tertiary/aromatic N) is 2. The average molecular weight is 416 g/mol. The molecular weight excluding hydrogens is 397 g/mol. The van der Waals surface area contributed by atoms with Crippen LogP contribution in [-0.2, 0) is 5.41 Å². The molecule has 5 heteroatoms. The second-order valence-corrected chi connectivity index (χ2v) is 7.53. The van der Waals surface area contributed by atoms with E-state index in [-0.39, 0.29) is 5.41 Å². The van der Waals surface area contributed by atoms with E-state index in [4.69, 9.17) is 16.6 Å². The monoisotopic (exact) mass is 415 g/mol. The largest absolute Gasteiger partial charge is 0.372 e. The zero-order valence-corrected chi connectivity index (χ0v) is 15.8. The number of benzene rings is 1. The van der Waals surface area contributed by atoms with Gasteiger partial charge in [-0.15, -0.1) is 0 Å². The molecule has 112 valence electrons. The van der Waals surface area contributed by atoms with Crippen molar-refractivity contribution in [2.24, 2.45) is 0 Å². The highest BCUT2D eigenvalue weighted by atomic mass is 127. The molecular formula is C16H19ClIN3. The molecule has 0 unspecified atom stereocenters. The molecule has 2 aromatic rings. The summed E-state index contributed by atoms with van der Waals surface area (Å²) in [6, 6.07) is 5.79. The van der Waals surface area contributed by atoms with Gasteiger partial charge in [-0.25, -0.2) is 9.97 Å². The van der Waals surface area contributed by atoms with Gasteiger partial charge in [0.25, 0.3) is 0 Å². The van der Waals surface area contributed by atoms with Crippen molar-refractivity contribution >= 4 is 40.0 Å². The van der Waals surface area contributed by atoms with Gasteiger partial charge in [0, 0.05) is 23.0 Å². The molecule has 1 N–H and O–H groups in total. The van der Waals surface area contributed by atoms with Crippen molar-refractivity contribution in [1.82, 2.24) is 9.97 Å². The normalized spacial score (nSPS) is 11.6. The second-order valence-electron chi connectivity index (χ2n) is 6.02. The third-order valence-electron chi connectivity index (χ3n) is 3.23. The molecule has 0 radical (unpaired) electrons. The fraction of sp³-hybridized carbons (Fsp3) is 0.375. The summed E-state index contributed by atoms with van der Waals surface area (Å²) in [5, 5.41) is 3.89. The summed E-state index contributed by atoms with van der Waals surface area (Å²) < 4.78 is 1.07. The molecule has 21 heavy (non-hydrogen) atoms. The van der Waals surface area contributed by atoms with E-state index in [1.54, 1.807) is 0 Å². The Bertz CT molecular complexity index is 678. The van der Waals surface area contributed by atoms with Crippen LogP contribution in [0.4, 0.5) is 5.82 Å². The van der Waals surface area contributed by atoms with Crippen LogP contribution in [0.1, 0.15) is 32.0 Å². The van der Waals surface area contributed by atoms with Gasteiger partial charge >= 0.3 is 0 Å². The van der Waals surface area contributed by atoms with Crippen LogP contribution in [-0.4, -0.2) is 17.0 Å². The summed E-state index contributed by atoms with van der Waals surface area (Å²) in [5.74, 6) is 1.60. The number of rotatable bonds is 2. The van der Waals surface area contributed by atoms with Crippen molar-refractivity contribution in [3.8, 4) is 11.4 Å². The van der Waals surface area contributed by atoms with Gasteiger partial charge in [-0.05, 0) is 53.3 Å². The lowest BCUT2D eigenvalue weighted by molar-refractivity contribution is 0.564. The number of aromatic nitrogens is 2. The van der Waals surface area contributed by atoms with Gasteiger partial charge in [-0.2, -0.15) is 0 Å². The number of hydrogen-bond donors (Lipinski definition) is 1. The van der Waals surface area contributed by atoms with Crippen molar-refractivity contribution < 1.29 is 0 Å². The minimum Gasteiger partial charge on any atom is -0.372 e. The van der Waals surface area contributed by atoms with E-state index in [0.717, 1.165) is 37.1 Å². The zero-order chi connectivity index (χ0) is 15.8. The van der Waals surface area contributed by atoms with Crippen molar-refractivity contribution in [3.63, 3.8) is 0 Å². The highest BCUT2D eigenvalue weighted by Gasteiger charge is 2.23. The SMILES string of the molecule is CNc1nc(-c2ccc(Cl)cc2C)nc(C(C)(C)C)c1I. The van der Waals surface area contributed by atoms with Gasteiger partial charge < -0.3 is 5.32 Å². The standard InChI is InChI=1S/C16H19ClIN3/c1-9-8-10(17)6-7-11(9)14-20-13(16(2,3)4)12(18)15(19-5)21-14/h6-8H,1-5H3,(H,19,20,21). The van der Waals surface area contributed by atoms with E-state index in [0.29, 0.717) is 0 Å². The molecule has 3 nitrogen and oxygen atoms in total. The van der Waals surface area contributed by atoms with Gasteiger partial charge in [-0.1, -0.05) is 32.4 Å². The topological polar surface area (TPSA) is 37.8 Å². The third-order valence-corrected chi connectivity index (χ3v) is 4.48. The number of hydrogen-bond acceptors (Lipinski definition) is 3. The second kappa shape index (κ2) is 6.08. The van der Waals surface area contributed by atoms with E-state index in [1.807, 2.05) is 32.2 Å². The summed E-state index contributed by atoms with van der Waals surface area (Å²) in [7, 11) is 1.88. The maximum Gasteiger partial charge on any atom is 0.162 e. The first-order valence-electron chi connectivity index (χ1n) is 6.76. The number of halogens is 2. The first-order valence-corrected chi connectivity index (χ1v) is 8.22. The summed E-state index contributed by atoms with van der Waals surface area (Å²) in [4.78, 5) is 9.46. The smallest absolute Gasteiger partial charge is 0.162 e. The van der Waals surface area contributed by atoms with E-state index in [9.17, 15) is 0 Å². The zero-order valence-electron chi connectivity index (χ0n) is 12.9. The van der Waals surface area contributed by atoms with Gasteiger partial charge in [0.15, 0.2) is 5.82 Å². The lowest BCUT2D eigenvalue weighted by Gasteiger charge is -2.22. The maximum atomic E-state index is 6.04. The maximum absolute atomic E-state index is 6.04. The quantitative estimate of drug-likeness (QED) is 0.698. The Morgan fingerprint density at radius 3 is 2.38 bits per heavy atom. The molecule has 0 fully saturated rings. The van der Waals surface area contributed by atoms with Gasteiger partial charge in [0.1, 0.15) is 5.82 Å². The Morgan fingerprint density at radius 1 is 1.19 bits per heavy atom. The molecule has 0 saturated carbocycles. The van der Waals surface area contributed by atoms with Crippen LogP contribution in [0.2, 0.25) is 5.02 Å². The van der Waals surface area contributed by atoms with E-state index in [1.165, 1.54) is 0 Å². The fourth-order valence-corrected chi connectivity index (χ4v) is 3.65. The van der Waals surface area contributed by atoms with E-state index < -0.39 is 0 Å². The lowest BCUT2D eigenvalue weighted by atomic mass is 9.91. The van der Waals surface area contributed by atoms with Gasteiger partial charge in [-0.3, -0.25) is 0 Å². The van der Waals surface area contributed by atoms with Gasteiger partial charge in [0.05, 0.1) is 9.26 Å². The molecule has 1 aromatic heterocycles. The molecule has 2 rings (SSSR count). The minimum absolute atomic E-state index is 0.0415. The van der Waals surface area contributed by atoms with Crippen LogP contribution in [0.5, 0.6) is 0 Å². The number of aryl methyl sites for hydroxylation is 1. The Labute approximate surface area is 144 Å². The Hall–Kier alpha value is -0.880. The van der Waals surface area contributed by atoms with E-state index >= 15 is 0 Å². The Morgan fingerprint density at radius 2 is 1.86 bits per heavy atom. The van der Waals surface area contributed by atoms with Crippen molar-refractivity contribution in [2.45, 2.75) is 33.1 Å². The predicted molar refractivity (Wildman–Crippen MR) is 98.2 cm³/mol. The lowest BCUT2D eigenvalue weighted by Crippen LogP contribution is -2.18. The summed E-state index contributed by atoms with van der Waals surface area (Å²) in [6.07, 6.45) is 0. The number of anilines is 1. The number of nitrogens with one attached hydrogen (secondary N) is 1. The molecule has 0 saturated heterocycles. The highest BCUT2D eigenvalue weighted by Crippen LogP contribution is 2.32. The van der Waals surface area contributed by atoms with Crippen LogP contribution in [0.15, 0.2) is 18.2 Å². The third kappa shape index (κ3) is 3.48. The van der Waals surface area contributed by atoms with Crippen molar-refractivity contribution in [2.75, 3.05) is 12.4 Å². The van der Waals surface area contributed by atoms with Crippen LogP contribution in [0.25, 0.3) is 11.4 Å². The van der Waals surface area contributed by atoms with Crippen LogP contribution >= 0.6 is 34.2 Å². The molecule has 1 heterocycles.